The number of likely N-dealkylation sites (tertiary alicyclic amines) is 1. The minimum absolute atomic E-state index is 0.0515. The van der Waals surface area contributed by atoms with Crippen molar-refractivity contribution in [1.82, 2.24) is 14.9 Å². The summed E-state index contributed by atoms with van der Waals surface area (Å²) >= 11 is 6.64. The summed E-state index contributed by atoms with van der Waals surface area (Å²) in [5.41, 5.74) is 3.52. The zero-order valence-electron chi connectivity index (χ0n) is 18.3. The Labute approximate surface area is 192 Å². The molecule has 1 unspecified atom stereocenters. The summed E-state index contributed by atoms with van der Waals surface area (Å²) in [6.07, 6.45) is 3.98. The second-order valence-corrected chi connectivity index (χ2v) is 8.06. The third-order valence-electron chi connectivity index (χ3n) is 5.76. The molecule has 1 fully saturated rings. The van der Waals surface area contributed by atoms with Crippen LogP contribution in [0.1, 0.15) is 12.0 Å². The number of fused-ring (bicyclic) bond motifs is 1. The largest absolute Gasteiger partial charge is 0.496 e. The number of rotatable bonds is 6. The molecule has 1 amide bonds. The van der Waals surface area contributed by atoms with Crippen molar-refractivity contribution >= 4 is 34.4 Å². The maximum absolute atomic E-state index is 11.8. The van der Waals surface area contributed by atoms with Crippen LogP contribution in [0.4, 0.5) is 5.95 Å². The molecule has 166 valence electrons. The van der Waals surface area contributed by atoms with E-state index in [1.165, 1.54) is 6.08 Å². The van der Waals surface area contributed by atoms with Crippen LogP contribution in [0.2, 0.25) is 5.02 Å². The normalized spacial score (nSPS) is 15.6. The van der Waals surface area contributed by atoms with Gasteiger partial charge < -0.3 is 19.7 Å². The molecule has 2 heterocycles. The molecule has 8 heteroatoms. The number of halogens is 1. The maximum Gasteiger partial charge on any atom is 0.246 e. The van der Waals surface area contributed by atoms with E-state index in [1.54, 1.807) is 31.4 Å². The fourth-order valence-corrected chi connectivity index (χ4v) is 4.44. The molecular formula is C24H25ClN4O3. The number of hydrogen-bond acceptors (Lipinski definition) is 6. The first-order valence-corrected chi connectivity index (χ1v) is 10.7. The number of carbonyl (C=O) groups excluding carboxylic acids is 1. The molecule has 3 aromatic rings. The third-order valence-corrected chi connectivity index (χ3v) is 6.13. The van der Waals surface area contributed by atoms with Gasteiger partial charge in [0.1, 0.15) is 11.5 Å². The van der Waals surface area contributed by atoms with Crippen molar-refractivity contribution in [2.24, 2.45) is 0 Å². The van der Waals surface area contributed by atoms with Crippen LogP contribution >= 0.6 is 11.6 Å². The highest BCUT2D eigenvalue weighted by atomic mass is 35.5. The van der Waals surface area contributed by atoms with E-state index in [0.29, 0.717) is 35.6 Å². The van der Waals surface area contributed by atoms with E-state index in [2.05, 4.69) is 21.9 Å². The van der Waals surface area contributed by atoms with E-state index in [9.17, 15) is 4.79 Å². The summed E-state index contributed by atoms with van der Waals surface area (Å²) in [7, 11) is 3.21. The lowest BCUT2D eigenvalue weighted by molar-refractivity contribution is -0.125. The predicted molar refractivity (Wildman–Crippen MR) is 127 cm³/mol. The Morgan fingerprint density at radius 1 is 1.28 bits per heavy atom. The molecule has 1 aliphatic rings. The molecule has 1 atom stereocenters. The smallest absolute Gasteiger partial charge is 0.246 e. The number of nitrogens with zero attached hydrogens (tertiary/aromatic N) is 3. The Morgan fingerprint density at radius 2 is 2.06 bits per heavy atom. The summed E-state index contributed by atoms with van der Waals surface area (Å²) < 4.78 is 10.9. The Bertz CT molecular complexity index is 1170. The van der Waals surface area contributed by atoms with E-state index in [4.69, 9.17) is 21.1 Å². The minimum atomic E-state index is -0.0515. The highest BCUT2D eigenvalue weighted by Crippen LogP contribution is 2.43. The fourth-order valence-electron chi connectivity index (χ4n) is 4.05. The van der Waals surface area contributed by atoms with Gasteiger partial charge in [-0.15, -0.1) is 0 Å². The summed E-state index contributed by atoms with van der Waals surface area (Å²) in [4.78, 5) is 22.7. The molecule has 0 spiro atoms. The van der Waals surface area contributed by atoms with E-state index in [0.717, 1.165) is 34.0 Å². The zero-order chi connectivity index (χ0) is 22.8. The van der Waals surface area contributed by atoms with Crippen LogP contribution in [-0.4, -0.2) is 54.1 Å². The molecule has 1 saturated heterocycles. The summed E-state index contributed by atoms with van der Waals surface area (Å²) in [5, 5.41) is 4.75. The molecule has 0 saturated carbocycles. The Balaban J connectivity index is 1.62. The first kappa shape index (κ1) is 21.9. The minimum Gasteiger partial charge on any atom is -0.496 e. The number of amides is 1. The van der Waals surface area contributed by atoms with Crippen LogP contribution in [0.25, 0.3) is 22.0 Å². The van der Waals surface area contributed by atoms with Crippen molar-refractivity contribution in [3.8, 4) is 22.6 Å². The standard InChI is InChI=1S/C24H25ClN4O3/c1-5-21(30)29-9-8-17(13-29)27-24-26-12-16-10-15(6-7-18(16)28-24)22-14(2)19(31-3)11-20(32-4)23(22)25/h5-7,10-12,17H,1,8-9,13H2,2-4H3,(H,26,27,28). The molecule has 7 nitrogen and oxygen atoms in total. The molecule has 0 aliphatic carbocycles. The van der Waals surface area contributed by atoms with Gasteiger partial charge in [-0.1, -0.05) is 24.2 Å². The van der Waals surface area contributed by atoms with Crippen LogP contribution < -0.4 is 14.8 Å². The van der Waals surface area contributed by atoms with E-state index < -0.39 is 0 Å². The van der Waals surface area contributed by atoms with Crippen LogP contribution in [-0.2, 0) is 4.79 Å². The molecule has 1 N–H and O–H groups in total. The van der Waals surface area contributed by atoms with Crippen molar-refractivity contribution in [3.63, 3.8) is 0 Å². The Kier molecular flexibility index (Phi) is 6.19. The molecule has 4 rings (SSSR count). The van der Waals surface area contributed by atoms with Gasteiger partial charge in [-0.05, 0) is 37.1 Å². The lowest BCUT2D eigenvalue weighted by Gasteiger charge is -2.17. The van der Waals surface area contributed by atoms with Crippen molar-refractivity contribution in [3.05, 3.63) is 53.7 Å². The number of ether oxygens (including phenoxy) is 2. The summed E-state index contributed by atoms with van der Waals surface area (Å²) in [6.45, 7) is 6.83. The molecular weight excluding hydrogens is 428 g/mol. The first-order chi connectivity index (χ1) is 15.4. The molecule has 2 aromatic carbocycles. The SMILES string of the molecule is C=CC(=O)N1CCC(Nc2ncc3cc(-c4c(C)c(OC)cc(OC)c4Cl)ccc3n2)C1. The summed E-state index contributed by atoms with van der Waals surface area (Å²) in [5.74, 6) is 1.75. The lowest BCUT2D eigenvalue weighted by Crippen LogP contribution is -2.30. The van der Waals surface area contributed by atoms with Gasteiger partial charge in [-0.25, -0.2) is 9.97 Å². The second kappa shape index (κ2) is 9.04. The topological polar surface area (TPSA) is 76.6 Å². The number of aromatic nitrogens is 2. The zero-order valence-corrected chi connectivity index (χ0v) is 19.1. The van der Waals surface area contributed by atoms with Crippen molar-refractivity contribution in [1.29, 1.82) is 0 Å². The molecule has 32 heavy (non-hydrogen) atoms. The monoisotopic (exact) mass is 452 g/mol. The highest BCUT2D eigenvalue weighted by molar-refractivity contribution is 6.35. The third kappa shape index (κ3) is 4.08. The number of carbonyl (C=O) groups is 1. The molecule has 1 aromatic heterocycles. The first-order valence-electron chi connectivity index (χ1n) is 10.3. The van der Waals surface area contributed by atoms with E-state index >= 15 is 0 Å². The van der Waals surface area contributed by atoms with Crippen molar-refractivity contribution < 1.29 is 14.3 Å². The number of methoxy groups -OCH3 is 2. The van der Waals surface area contributed by atoms with Gasteiger partial charge in [-0.2, -0.15) is 0 Å². The Morgan fingerprint density at radius 3 is 2.78 bits per heavy atom. The molecule has 0 bridgehead atoms. The van der Waals surface area contributed by atoms with Crippen LogP contribution in [0.3, 0.4) is 0 Å². The van der Waals surface area contributed by atoms with Gasteiger partial charge in [0.2, 0.25) is 11.9 Å². The molecule has 0 radical (unpaired) electrons. The van der Waals surface area contributed by atoms with Crippen LogP contribution in [0, 0.1) is 6.92 Å². The van der Waals surface area contributed by atoms with Crippen LogP contribution in [0.5, 0.6) is 11.5 Å². The van der Waals surface area contributed by atoms with Gasteiger partial charge in [0.05, 0.1) is 24.8 Å². The number of hydrogen-bond donors (Lipinski definition) is 1. The van der Waals surface area contributed by atoms with Crippen molar-refractivity contribution in [2.45, 2.75) is 19.4 Å². The lowest BCUT2D eigenvalue weighted by atomic mass is 9.98. The maximum atomic E-state index is 11.8. The van der Waals surface area contributed by atoms with E-state index in [-0.39, 0.29) is 11.9 Å². The van der Waals surface area contributed by atoms with E-state index in [1.807, 2.05) is 25.1 Å². The highest BCUT2D eigenvalue weighted by Gasteiger charge is 2.25. The van der Waals surface area contributed by atoms with Gasteiger partial charge in [0.15, 0.2) is 0 Å². The average molecular weight is 453 g/mol. The molecule has 1 aliphatic heterocycles. The number of benzene rings is 2. The van der Waals surface area contributed by atoms with Gasteiger partial charge in [0.25, 0.3) is 0 Å². The van der Waals surface area contributed by atoms with Gasteiger partial charge >= 0.3 is 0 Å². The van der Waals surface area contributed by atoms with Crippen LogP contribution in [0.15, 0.2) is 43.1 Å². The quantitative estimate of drug-likeness (QED) is 0.556. The second-order valence-electron chi connectivity index (χ2n) is 7.68. The summed E-state index contributed by atoms with van der Waals surface area (Å²) in [6, 6.07) is 7.83. The van der Waals surface area contributed by atoms with Gasteiger partial charge in [-0.3, -0.25) is 4.79 Å². The number of anilines is 1. The van der Waals surface area contributed by atoms with Crippen molar-refractivity contribution in [2.75, 3.05) is 32.6 Å². The number of nitrogens with one attached hydrogen (secondary N) is 1. The predicted octanol–water partition coefficient (Wildman–Crippen LogP) is 4.47. The van der Waals surface area contributed by atoms with Gasteiger partial charge in [0, 0.05) is 47.9 Å². The fraction of sp³-hybridized carbons (Fsp3) is 0.292. The average Bonchev–Trinajstić information content (AvgIpc) is 3.27. The Hall–Kier alpha value is -3.32.